The monoisotopic (exact) mass is 290 g/mol. The summed E-state index contributed by atoms with van der Waals surface area (Å²) in [7, 11) is 0. The summed E-state index contributed by atoms with van der Waals surface area (Å²) in [6.07, 6.45) is 8.82. The van der Waals surface area contributed by atoms with Crippen LogP contribution in [0.25, 0.3) is 0 Å². The molecule has 0 bridgehead atoms. The molecule has 0 aromatic heterocycles. The van der Waals surface area contributed by atoms with E-state index in [1.54, 1.807) is 0 Å². The van der Waals surface area contributed by atoms with E-state index in [1.807, 2.05) is 12.1 Å². The fraction of sp³-hybridized carbons (Fsp3) is 0.667. The molecule has 0 unspecified atom stereocenters. The van der Waals surface area contributed by atoms with E-state index in [4.69, 9.17) is 5.73 Å². The lowest BCUT2D eigenvalue weighted by Gasteiger charge is -2.26. The molecule has 2 rings (SSSR count). The maximum absolute atomic E-state index is 9.63. The van der Waals surface area contributed by atoms with Crippen molar-refractivity contribution in [1.82, 2.24) is 5.32 Å². The molecule has 1 atom stereocenters. The van der Waals surface area contributed by atoms with Gasteiger partial charge in [0.15, 0.2) is 0 Å². The number of hydrogen-bond donors (Lipinski definition) is 3. The zero-order chi connectivity index (χ0) is 15.1. The van der Waals surface area contributed by atoms with E-state index in [-0.39, 0.29) is 12.6 Å². The highest BCUT2D eigenvalue weighted by Crippen LogP contribution is 2.27. The molecule has 0 radical (unpaired) electrons. The second-order valence-electron chi connectivity index (χ2n) is 6.34. The molecule has 1 saturated carbocycles. The van der Waals surface area contributed by atoms with Crippen molar-refractivity contribution in [2.75, 3.05) is 12.3 Å². The fourth-order valence-electron chi connectivity index (χ4n) is 3.55. The van der Waals surface area contributed by atoms with E-state index in [2.05, 4.69) is 18.3 Å². The summed E-state index contributed by atoms with van der Waals surface area (Å²) >= 11 is 0. The molecule has 1 fully saturated rings. The van der Waals surface area contributed by atoms with Crippen LogP contribution in [0.15, 0.2) is 18.2 Å². The van der Waals surface area contributed by atoms with Crippen molar-refractivity contribution >= 4 is 5.69 Å². The molecule has 4 N–H and O–H groups in total. The van der Waals surface area contributed by atoms with E-state index in [0.717, 1.165) is 31.0 Å². The standard InChI is InChI=1S/C18H30N2O/c1-2-17-15(9-6-10-18(17)19)12-20-16(13-21)11-14-7-4-3-5-8-14/h6,9-10,14,16,20-21H,2-5,7-8,11-13,19H2,1H3/t16-/m0/s1. The van der Waals surface area contributed by atoms with Gasteiger partial charge in [0.25, 0.3) is 0 Å². The highest BCUT2D eigenvalue weighted by Gasteiger charge is 2.18. The first-order valence-electron chi connectivity index (χ1n) is 8.45. The van der Waals surface area contributed by atoms with E-state index in [9.17, 15) is 5.11 Å². The molecule has 0 spiro atoms. The molecular weight excluding hydrogens is 260 g/mol. The Bertz CT molecular complexity index is 427. The number of aliphatic hydroxyl groups is 1. The lowest BCUT2D eigenvalue weighted by atomic mass is 9.85. The van der Waals surface area contributed by atoms with Crippen LogP contribution < -0.4 is 11.1 Å². The van der Waals surface area contributed by atoms with Crippen molar-refractivity contribution in [2.24, 2.45) is 5.92 Å². The van der Waals surface area contributed by atoms with Gasteiger partial charge in [-0.3, -0.25) is 0 Å². The van der Waals surface area contributed by atoms with Crippen molar-refractivity contribution in [3.05, 3.63) is 29.3 Å². The van der Waals surface area contributed by atoms with Crippen molar-refractivity contribution in [1.29, 1.82) is 0 Å². The predicted molar refractivity (Wildman–Crippen MR) is 89.1 cm³/mol. The molecule has 0 amide bonds. The van der Waals surface area contributed by atoms with Crippen molar-refractivity contribution < 1.29 is 5.11 Å². The second kappa shape index (κ2) is 8.40. The second-order valence-corrected chi connectivity index (χ2v) is 6.34. The minimum Gasteiger partial charge on any atom is -0.398 e. The predicted octanol–water partition coefficient (Wildman–Crippen LogP) is 3.25. The zero-order valence-corrected chi connectivity index (χ0v) is 13.3. The van der Waals surface area contributed by atoms with Crippen LogP contribution in [-0.2, 0) is 13.0 Å². The van der Waals surface area contributed by atoms with Crippen molar-refractivity contribution in [2.45, 2.75) is 64.5 Å². The summed E-state index contributed by atoms with van der Waals surface area (Å²) in [6.45, 7) is 3.16. The molecule has 3 nitrogen and oxygen atoms in total. The Morgan fingerprint density at radius 2 is 2.05 bits per heavy atom. The van der Waals surface area contributed by atoms with Crippen LogP contribution in [0.4, 0.5) is 5.69 Å². The Hall–Kier alpha value is -1.06. The normalized spacial score (nSPS) is 17.8. The Morgan fingerprint density at radius 3 is 2.71 bits per heavy atom. The number of hydrogen-bond acceptors (Lipinski definition) is 3. The SMILES string of the molecule is CCc1c(N)cccc1CN[C@H](CO)CC1CCCCC1. The fourth-order valence-corrected chi connectivity index (χ4v) is 3.55. The third kappa shape index (κ3) is 4.72. The smallest absolute Gasteiger partial charge is 0.0584 e. The van der Waals surface area contributed by atoms with E-state index < -0.39 is 0 Å². The van der Waals surface area contributed by atoms with Gasteiger partial charge in [0, 0.05) is 18.3 Å². The van der Waals surface area contributed by atoms with Crippen LogP contribution in [0, 0.1) is 5.92 Å². The molecule has 3 heteroatoms. The third-order valence-electron chi connectivity index (χ3n) is 4.81. The Labute approximate surface area is 128 Å². The van der Waals surface area contributed by atoms with Gasteiger partial charge < -0.3 is 16.2 Å². The molecule has 21 heavy (non-hydrogen) atoms. The van der Waals surface area contributed by atoms with Crippen LogP contribution in [0.1, 0.15) is 56.6 Å². The van der Waals surface area contributed by atoms with E-state index in [1.165, 1.54) is 43.2 Å². The lowest BCUT2D eigenvalue weighted by molar-refractivity contribution is 0.203. The molecule has 1 aromatic rings. The van der Waals surface area contributed by atoms with Gasteiger partial charge in [-0.2, -0.15) is 0 Å². The average Bonchev–Trinajstić information content (AvgIpc) is 2.52. The Kier molecular flexibility index (Phi) is 6.52. The van der Waals surface area contributed by atoms with Crippen LogP contribution in [0.5, 0.6) is 0 Å². The number of anilines is 1. The summed E-state index contributed by atoms with van der Waals surface area (Å²) in [5, 5.41) is 13.2. The molecule has 1 aliphatic rings. The molecule has 1 aliphatic carbocycles. The van der Waals surface area contributed by atoms with E-state index >= 15 is 0 Å². The minimum atomic E-state index is 0.208. The molecule has 0 saturated heterocycles. The number of rotatable bonds is 7. The van der Waals surface area contributed by atoms with Gasteiger partial charge in [-0.1, -0.05) is 51.2 Å². The molecule has 0 aliphatic heterocycles. The molecule has 1 aromatic carbocycles. The molecule has 0 heterocycles. The molecular formula is C18H30N2O. The van der Waals surface area contributed by atoms with Crippen molar-refractivity contribution in [3.8, 4) is 0 Å². The van der Waals surface area contributed by atoms with Gasteiger partial charge in [0.2, 0.25) is 0 Å². The quantitative estimate of drug-likeness (QED) is 0.676. The summed E-state index contributed by atoms with van der Waals surface area (Å²) in [5.41, 5.74) is 9.42. The number of nitrogens with two attached hydrogens (primary N) is 1. The number of nitrogens with one attached hydrogen (secondary N) is 1. The Morgan fingerprint density at radius 1 is 1.29 bits per heavy atom. The van der Waals surface area contributed by atoms with Gasteiger partial charge in [-0.25, -0.2) is 0 Å². The van der Waals surface area contributed by atoms with Gasteiger partial charge in [0.05, 0.1) is 6.61 Å². The topological polar surface area (TPSA) is 58.3 Å². The number of aliphatic hydroxyl groups excluding tert-OH is 1. The molecule has 118 valence electrons. The number of benzene rings is 1. The van der Waals surface area contributed by atoms with Gasteiger partial charge in [-0.15, -0.1) is 0 Å². The first-order chi connectivity index (χ1) is 10.2. The van der Waals surface area contributed by atoms with Crippen LogP contribution in [0.2, 0.25) is 0 Å². The average molecular weight is 290 g/mol. The van der Waals surface area contributed by atoms with Gasteiger partial charge in [-0.05, 0) is 36.0 Å². The largest absolute Gasteiger partial charge is 0.398 e. The lowest BCUT2D eigenvalue weighted by Crippen LogP contribution is -2.34. The first kappa shape index (κ1) is 16.3. The van der Waals surface area contributed by atoms with Crippen LogP contribution in [0.3, 0.4) is 0 Å². The Balaban J connectivity index is 1.89. The maximum atomic E-state index is 9.63. The summed E-state index contributed by atoms with van der Waals surface area (Å²) in [5.74, 6) is 0.787. The third-order valence-corrected chi connectivity index (χ3v) is 4.81. The summed E-state index contributed by atoms with van der Waals surface area (Å²) in [4.78, 5) is 0. The zero-order valence-electron chi connectivity index (χ0n) is 13.3. The highest BCUT2D eigenvalue weighted by molar-refractivity contribution is 5.50. The summed E-state index contributed by atoms with van der Waals surface area (Å²) < 4.78 is 0. The van der Waals surface area contributed by atoms with Gasteiger partial charge >= 0.3 is 0 Å². The summed E-state index contributed by atoms with van der Waals surface area (Å²) in [6, 6.07) is 6.32. The van der Waals surface area contributed by atoms with Crippen LogP contribution in [-0.4, -0.2) is 17.8 Å². The van der Waals surface area contributed by atoms with Gasteiger partial charge in [0.1, 0.15) is 0 Å². The number of nitrogen functional groups attached to an aromatic ring is 1. The van der Waals surface area contributed by atoms with Crippen LogP contribution >= 0.6 is 0 Å². The first-order valence-corrected chi connectivity index (χ1v) is 8.45. The minimum absolute atomic E-state index is 0.208. The highest BCUT2D eigenvalue weighted by atomic mass is 16.3. The van der Waals surface area contributed by atoms with E-state index in [0.29, 0.717) is 0 Å². The van der Waals surface area contributed by atoms with Crippen molar-refractivity contribution in [3.63, 3.8) is 0 Å². The maximum Gasteiger partial charge on any atom is 0.0584 e.